The lowest BCUT2D eigenvalue weighted by molar-refractivity contribution is 0.167. The molecule has 1 unspecified atom stereocenters. The Hall–Kier alpha value is -2.44. The highest BCUT2D eigenvalue weighted by Crippen LogP contribution is 2.35. The van der Waals surface area contributed by atoms with E-state index < -0.39 is 11.1 Å². The van der Waals surface area contributed by atoms with Crippen LogP contribution in [0.1, 0.15) is 36.9 Å². The van der Waals surface area contributed by atoms with Gasteiger partial charge in [-0.3, -0.25) is 4.21 Å². The zero-order valence-corrected chi connectivity index (χ0v) is 21.1. The maximum Gasteiger partial charge on any atom is 0.0505 e. The van der Waals surface area contributed by atoms with Gasteiger partial charge in [-0.15, -0.1) is 0 Å². The van der Waals surface area contributed by atoms with Crippen molar-refractivity contribution >= 4 is 33.6 Å². The van der Waals surface area contributed by atoms with Crippen molar-refractivity contribution in [2.75, 3.05) is 6.61 Å². The molecular formula is C29H29ClNO3S-. The summed E-state index contributed by atoms with van der Waals surface area (Å²) in [5.41, 5.74) is 7.27. The van der Waals surface area contributed by atoms with Crippen LogP contribution in [0.4, 0.5) is 0 Å². The van der Waals surface area contributed by atoms with Crippen LogP contribution in [-0.2, 0) is 23.3 Å². The number of aromatic amines is 1. The highest BCUT2D eigenvalue weighted by molar-refractivity contribution is 7.78. The Bertz CT molecular complexity index is 1320. The van der Waals surface area contributed by atoms with Gasteiger partial charge in [0.25, 0.3) is 0 Å². The van der Waals surface area contributed by atoms with Gasteiger partial charge in [-0.1, -0.05) is 71.2 Å². The Labute approximate surface area is 213 Å². The van der Waals surface area contributed by atoms with Crippen LogP contribution in [0.3, 0.4) is 0 Å². The van der Waals surface area contributed by atoms with Crippen molar-refractivity contribution < 1.29 is 13.9 Å². The fraction of sp³-hybridized carbons (Fsp3) is 0.310. The topological polar surface area (TPSA) is 76.2 Å². The average Bonchev–Trinajstić information content (AvgIpc) is 3.25. The zero-order chi connectivity index (χ0) is 24.4. The predicted molar refractivity (Wildman–Crippen MR) is 143 cm³/mol. The summed E-state index contributed by atoms with van der Waals surface area (Å²) in [6, 6.07) is 22.3. The second kappa shape index (κ2) is 10.7. The molecule has 4 aromatic rings. The Morgan fingerprint density at radius 1 is 0.886 bits per heavy atom. The third kappa shape index (κ3) is 5.70. The van der Waals surface area contributed by atoms with E-state index in [0.717, 1.165) is 57.6 Å². The smallest absolute Gasteiger partial charge is 0.0505 e. The van der Waals surface area contributed by atoms with Crippen LogP contribution < -0.4 is 0 Å². The van der Waals surface area contributed by atoms with Crippen molar-refractivity contribution in [1.29, 1.82) is 0 Å². The summed E-state index contributed by atoms with van der Waals surface area (Å²) in [4.78, 5) is 3.56. The fourth-order valence-electron chi connectivity index (χ4n) is 5.25. The quantitative estimate of drug-likeness (QED) is 0.268. The molecule has 1 aliphatic carbocycles. The third-order valence-corrected chi connectivity index (χ3v) is 8.15. The number of nitrogens with one attached hydrogen (secondary N) is 1. The van der Waals surface area contributed by atoms with Crippen molar-refractivity contribution in [2.45, 2.75) is 37.9 Å². The molecule has 182 valence electrons. The van der Waals surface area contributed by atoms with Gasteiger partial charge in [0.1, 0.15) is 0 Å². The molecule has 0 amide bonds. The third-order valence-electron chi connectivity index (χ3n) is 7.26. The van der Waals surface area contributed by atoms with E-state index in [-0.39, 0.29) is 5.75 Å². The number of H-pyrrole nitrogens is 1. The fourth-order valence-corrected chi connectivity index (χ4v) is 5.98. The van der Waals surface area contributed by atoms with Crippen LogP contribution in [0.2, 0.25) is 5.02 Å². The molecule has 35 heavy (non-hydrogen) atoms. The lowest BCUT2D eigenvalue weighted by Crippen LogP contribution is -2.18. The van der Waals surface area contributed by atoms with Gasteiger partial charge in [-0.2, -0.15) is 0 Å². The van der Waals surface area contributed by atoms with Crippen LogP contribution in [0.15, 0.2) is 66.7 Å². The summed E-state index contributed by atoms with van der Waals surface area (Å²) in [5, 5.41) is 11.3. The van der Waals surface area contributed by atoms with E-state index in [9.17, 15) is 13.9 Å². The van der Waals surface area contributed by atoms with E-state index in [1.807, 2.05) is 30.3 Å². The van der Waals surface area contributed by atoms with E-state index in [1.165, 1.54) is 23.9 Å². The van der Waals surface area contributed by atoms with Crippen LogP contribution >= 0.6 is 11.6 Å². The van der Waals surface area contributed by atoms with Crippen LogP contribution in [0.5, 0.6) is 0 Å². The van der Waals surface area contributed by atoms with Gasteiger partial charge in [0.05, 0.1) is 5.02 Å². The number of benzene rings is 3. The Balaban J connectivity index is 1.33. The zero-order valence-electron chi connectivity index (χ0n) is 19.5. The number of halogens is 1. The highest BCUT2D eigenvalue weighted by atomic mass is 35.5. The van der Waals surface area contributed by atoms with Crippen molar-refractivity contribution in [2.24, 2.45) is 11.8 Å². The molecular weight excluding hydrogens is 478 g/mol. The van der Waals surface area contributed by atoms with Crippen molar-refractivity contribution in [3.63, 3.8) is 0 Å². The van der Waals surface area contributed by atoms with E-state index in [0.29, 0.717) is 18.4 Å². The molecule has 1 atom stereocenters. The molecule has 0 radical (unpaired) electrons. The monoisotopic (exact) mass is 506 g/mol. The normalized spacial score (nSPS) is 19.2. The molecule has 5 rings (SSSR count). The number of hydrogen-bond acceptors (Lipinski definition) is 3. The molecule has 1 saturated carbocycles. The van der Waals surface area contributed by atoms with Gasteiger partial charge in [0, 0.05) is 34.5 Å². The molecule has 0 saturated heterocycles. The minimum atomic E-state index is -2.08. The van der Waals surface area contributed by atoms with E-state index >= 15 is 0 Å². The molecule has 1 fully saturated rings. The van der Waals surface area contributed by atoms with Gasteiger partial charge in [0.15, 0.2) is 0 Å². The SMILES string of the molecule is O=S([O-])Cc1ccc(-c2ccc(-c3cc4cc(CC5CCC(CO)CC5)[nH]c4cc3Cl)cc2)cc1. The highest BCUT2D eigenvalue weighted by Gasteiger charge is 2.21. The molecule has 3 aromatic carbocycles. The summed E-state index contributed by atoms with van der Waals surface area (Å²) in [5.74, 6) is 1.19. The standard InChI is InChI=1S/C29H30ClNO3S/c30-28-16-29-25(14-26(31-29)13-19-1-3-20(17-32)4-2-19)15-27(28)24-11-9-23(10-12-24)22-7-5-21(6-8-22)18-35(33)34/h5-12,14-16,19-20,31-32H,1-4,13,17-18H2,(H,33,34)/p-1. The van der Waals surface area contributed by atoms with Crippen LogP contribution in [0, 0.1) is 11.8 Å². The molecule has 1 aromatic heterocycles. The molecule has 0 spiro atoms. The van der Waals surface area contributed by atoms with Crippen molar-refractivity contribution in [3.05, 3.63) is 83.0 Å². The largest absolute Gasteiger partial charge is 0.772 e. The first-order valence-corrected chi connectivity index (χ1v) is 13.8. The first kappa shape index (κ1) is 24.3. The summed E-state index contributed by atoms with van der Waals surface area (Å²) >= 11 is 4.61. The number of aliphatic hydroxyl groups is 1. The number of aliphatic hydroxyl groups excluding tert-OH is 1. The van der Waals surface area contributed by atoms with Crippen LogP contribution in [0.25, 0.3) is 33.2 Å². The molecule has 2 N–H and O–H groups in total. The second-order valence-electron chi connectivity index (χ2n) is 9.71. The number of fused-ring (bicyclic) bond motifs is 1. The molecule has 0 aliphatic heterocycles. The molecule has 1 heterocycles. The summed E-state index contributed by atoms with van der Waals surface area (Å²) in [6.45, 7) is 0.319. The minimum Gasteiger partial charge on any atom is -0.772 e. The Morgan fingerprint density at radius 2 is 1.49 bits per heavy atom. The Morgan fingerprint density at radius 3 is 2.11 bits per heavy atom. The lowest BCUT2D eigenvalue weighted by Gasteiger charge is -2.26. The van der Waals surface area contributed by atoms with E-state index in [2.05, 4.69) is 41.4 Å². The maximum atomic E-state index is 10.9. The second-order valence-corrected chi connectivity index (χ2v) is 11.0. The van der Waals surface area contributed by atoms with Gasteiger partial charge >= 0.3 is 0 Å². The summed E-state index contributed by atoms with van der Waals surface area (Å²) < 4.78 is 21.8. The van der Waals surface area contributed by atoms with Crippen molar-refractivity contribution in [3.8, 4) is 22.3 Å². The molecule has 0 bridgehead atoms. The van der Waals surface area contributed by atoms with Gasteiger partial charge < -0.3 is 14.6 Å². The summed E-state index contributed by atoms with van der Waals surface area (Å²) in [6.07, 6.45) is 5.65. The van der Waals surface area contributed by atoms with Crippen LogP contribution in [-0.4, -0.2) is 25.5 Å². The molecule has 4 nitrogen and oxygen atoms in total. The van der Waals surface area contributed by atoms with E-state index in [4.69, 9.17) is 11.6 Å². The van der Waals surface area contributed by atoms with Gasteiger partial charge in [-0.25, -0.2) is 0 Å². The first-order chi connectivity index (χ1) is 17.0. The van der Waals surface area contributed by atoms with Crippen molar-refractivity contribution in [1.82, 2.24) is 4.98 Å². The summed E-state index contributed by atoms with van der Waals surface area (Å²) in [7, 11) is 0. The lowest BCUT2D eigenvalue weighted by atomic mass is 9.80. The number of rotatable bonds is 7. The Kier molecular flexibility index (Phi) is 7.40. The first-order valence-electron chi connectivity index (χ1n) is 12.2. The minimum absolute atomic E-state index is 0.0336. The number of aromatic nitrogens is 1. The van der Waals surface area contributed by atoms with E-state index in [1.54, 1.807) is 0 Å². The number of hydrogen-bond donors (Lipinski definition) is 2. The predicted octanol–water partition coefficient (Wildman–Crippen LogP) is 6.88. The van der Waals surface area contributed by atoms with Gasteiger partial charge in [0.2, 0.25) is 0 Å². The maximum absolute atomic E-state index is 10.9. The molecule has 6 heteroatoms. The molecule has 1 aliphatic rings. The van der Waals surface area contributed by atoms with Gasteiger partial charge in [-0.05, 0) is 84.4 Å². The average molecular weight is 507 g/mol.